The number of carbonyl (C=O) groups is 1. The molecule has 10 nitrogen and oxygen atoms in total. The number of aryl methyl sites for hydroxylation is 1. The lowest BCUT2D eigenvalue weighted by Crippen LogP contribution is -2.34. The molecule has 1 heterocycles. The first-order chi connectivity index (χ1) is 17.1. The second-order valence-electron chi connectivity index (χ2n) is 8.16. The van der Waals surface area contributed by atoms with E-state index in [-0.39, 0.29) is 23.2 Å². The van der Waals surface area contributed by atoms with Crippen LogP contribution in [0.2, 0.25) is 0 Å². The van der Waals surface area contributed by atoms with Crippen LogP contribution in [0, 0.1) is 24.0 Å². The zero-order valence-corrected chi connectivity index (χ0v) is 19.9. The molecule has 0 saturated heterocycles. The number of benzene rings is 2. The summed E-state index contributed by atoms with van der Waals surface area (Å²) in [7, 11) is 1.77. The smallest absolute Gasteiger partial charge is 0.326 e. The lowest BCUT2D eigenvalue weighted by molar-refractivity contribution is 0.262. The molecule has 0 fully saturated rings. The highest BCUT2D eigenvalue weighted by Gasteiger charge is 2.12. The highest BCUT2D eigenvalue weighted by atomic mass is 19.1. The Morgan fingerprint density at radius 3 is 2.56 bits per heavy atom. The zero-order chi connectivity index (χ0) is 26.2. The minimum atomic E-state index is -0.927. The molecule has 3 rings (SSSR count). The molecule has 190 valence electrons. The molecular weight excluding hydrogens is 470 g/mol. The van der Waals surface area contributed by atoms with Gasteiger partial charge in [-0.3, -0.25) is 15.5 Å². The predicted octanol–water partition coefficient (Wildman–Crippen LogP) is 2.97. The molecule has 36 heavy (non-hydrogen) atoms. The number of carbonyl (C=O) groups excluding carboxylic acids is 1. The summed E-state index contributed by atoms with van der Waals surface area (Å²) >= 11 is 0. The van der Waals surface area contributed by atoms with Gasteiger partial charge in [0, 0.05) is 32.4 Å². The number of urea groups is 1. The largest absolute Gasteiger partial charge is 0.370 e. The van der Waals surface area contributed by atoms with Crippen LogP contribution in [0.3, 0.4) is 0 Å². The summed E-state index contributed by atoms with van der Waals surface area (Å²) in [5, 5.41) is 15.2. The highest BCUT2D eigenvalue weighted by molar-refractivity contribution is 5.98. The standard InChI is InChI=1S/C24H28F2N8O2/c1-14-10-20(19(26)11-18(14)25)31-24(36)33-23-30-13-17(21(35)32-23)16-6-4-15(5-7-16)12-29-8-3-9-34(2)22(27)28/h4-7,10-11,13,29H,3,8-9,12H2,1-2H3,(H3,27,28)(H3,30,31,32,33,35,36). The third-order valence-electron chi connectivity index (χ3n) is 5.38. The second-order valence-corrected chi connectivity index (χ2v) is 8.16. The Balaban J connectivity index is 1.55. The van der Waals surface area contributed by atoms with Crippen LogP contribution in [-0.2, 0) is 6.54 Å². The van der Waals surface area contributed by atoms with E-state index in [1.807, 2.05) is 12.1 Å². The molecule has 0 unspecified atom stereocenters. The number of aromatic nitrogens is 2. The molecule has 0 aliphatic heterocycles. The number of nitrogens with two attached hydrogens (primary N) is 1. The SMILES string of the molecule is Cc1cc(NC(=O)Nc2nc(=O)c(-c3ccc(CNCCCN(C)C(=N)N)cc3)c[nH]2)c(F)cc1F. The van der Waals surface area contributed by atoms with Gasteiger partial charge in [0.1, 0.15) is 11.6 Å². The van der Waals surface area contributed by atoms with Gasteiger partial charge in [-0.2, -0.15) is 4.98 Å². The van der Waals surface area contributed by atoms with Crippen molar-refractivity contribution in [3.05, 3.63) is 75.7 Å². The normalized spacial score (nSPS) is 10.7. The number of nitrogens with one attached hydrogen (secondary N) is 5. The van der Waals surface area contributed by atoms with Crippen molar-refractivity contribution in [3.8, 4) is 11.1 Å². The van der Waals surface area contributed by atoms with Gasteiger partial charge in [-0.1, -0.05) is 24.3 Å². The Morgan fingerprint density at radius 1 is 1.17 bits per heavy atom. The summed E-state index contributed by atoms with van der Waals surface area (Å²) < 4.78 is 27.2. The minimum Gasteiger partial charge on any atom is -0.370 e. The van der Waals surface area contributed by atoms with Gasteiger partial charge < -0.3 is 26.3 Å². The molecule has 1 aromatic heterocycles. The van der Waals surface area contributed by atoms with E-state index in [4.69, 9.17) is 11.1 Å². The molecule has 0 saturated carbocycles. The van der Waals surface area contributed by atoms with Gasteiger partial charge in [0.15, 0.2) is 5.96 Å². The van der Waals surface area contributed by atoms with E-state index in [0.29, 0.717) is 30.3 Å². The van der Waals surface area contributed by atoms with E-state index in [9.17, 15) is 18.4 Å². The Bertz CT molecular complexity index is 1290. The number of guanidine groups is 1. The van der Waals surface area contributed by atoms with Gasteiger partial charge in [0.05, 0.1) is 11.3 Å². The van der Waals surface area contributed by atoms with Crippen molar-refractivity contribution in [3.63, 3.8) is 0 Å². The molecule has 3 aromatic rings. The van der Waals surface area contributed by atoms with Crippen molar-refractivity contribution in [1.82, 2.24) is 20.2 Å². The molecular formula is C24H28F2N8O2. The molecule has 0 atom stereocenters. The van der Waals surface area contributed by atoms with Gasteiger partial charge in [0.2, 0.25) is 5.95 Å². The summed E-state index contributed by atoms with van der Waals surface area (Å²) in [5.41, 5.74) is 6.79. The van der Waals surface area contributed by atoms with Crippen molar-refractivity contribution in [2.45, 2.75) is 19.9 Å². The number of halogens is 2. The van der Waals surface area contributed by atoms with Crippen LogP contribution in [0.4, 0.5) is 25.2 Å². The number of rotatable bonds is 9. The highest BCUT2D eigenvalue weighted by Crippen LogP contribution is 2.19. The van der Waals surface area contributed by atoms with Crippen LogP contribution in [0.1, 0.15) is 17.5 Å². The van der Waals surface area contributed by atoms with Gasteiger partial charge in [0.25, 0.3) is 5.56 Å². The van der Waals surface area contributed by atoms with Crippen LogP contribution in [-0.4, -0.2) is 47.0 Å². The molecule has 2 amide bonds. The quantitative estimate of drug-likeness (QED) is 0.152. The van der Waals surface area contributed by atoms with Crippen molar-refractivity contribution in [2.75, 3.05) is 30.8 Å². The van der Waals surface area contributed by atoms with E-state index in [1.165, 1.54) is 13.1 Å². The average Bonchev–Trinajstić information content (AvgIpc) is 2.82. The van der Waals surface area contributed by atoms with Gasteiger partial charge in [-0.05, 0) is 42.6 Å². The third kappa shape index (κ3) is 7.09. The fourth-order valence-electron chi connectivity index (χ4n) is 3.28. The Morgan fingerprint density at radius 2 is 1.89 bits per heavy atom. The average molecular weight is 499 g/mol. The van der Waals surface area contributed by atoms with Crippen LogP contribution in [0.5, 0.6) is 0 Å². The maximum Gasteiger partial charge on any atom is 0.326 e. The van der Waals surface area contributed by atoms with Gasteiger partial charge in [-0.25, -0.2) is 13.6 Å². The van der Waals surface area contributed by atoms with Crippen molar-refractivity contribution in [1.29, 1.82) is 5.41 Å². The summed E-state index contributed by atoms with van der Waals surface area (Å²) in [4.78, 5) is 32.9. The van der Waals surface area contributed by atoms with Crippen LogP contribution >= 0.6 is 0 Å². The first-order valence-corrected chi connectivity index (χ1v) is 11.1. The van der Waals surface area contributed by atoms with Crippen LogP contribution in [0.25, 0.3) is 11.1 Å². The number of anilines is 2. The number of hydrogen-bond donors (Lipinski definition) is 6. The van der Waals surface area contributed by atoms with E-state index in [1.54, 1.807) is 24.1 Å². The first kappa shape index (κ1) is 26.3. The van der Waals surface area contributed by atoms with E-state index >= 15 is 0 Å². The van der Waals surface area contributed by atoms with E-state index in [2.05, 4.69) is 25.9 Å². The zero-order valence-electron chi connectivity index (χ0n) is 19.9. The van der Waals surface area contributed by atoms with Crippen LogP contribution < -0.4 is 27.2 Å². The maximum atomic E-state index is 13.8. The Labute approximate surface area is 206 Å². The summed E-state index contributed by atoms with van der Waals surface area (Å²) in [6.45, 7) is 3.53. The summed E-state index contributed by atoms with van der Waals surface area (Å²) in [5.74, 6) is -1.74. The second kappa shape index (κ2) is 11.9. The molecule has 12 heteroatoms. The monoisotopic (exact) mass is 498 g/mol. The fraction of sp³-hybridized carbons (Fsp3) is 0.250. The third-order valence-corrected chi connectivity index (χ3v) is 5.38. The Kier molecular flexibility index (Phi) is 8.68. The molecule has 0 spiro atoms. The number of aromatic amines is 1. The number of hydrogen-bond acceptors (Lipinski definition) is 5. The van der Waals surface area contributed by atoms with Crippen molar-refractivity contribution in [2.24, 2.45) is 5.73 Å². The van der Waals surface area contributed by atoms with E-state index in [0.717, 1.165) is 24.6 Å². The van der Waals surface area contributed by atoms with Crippen molar-refractivity contribution < 1.29 is 13.6 Å². The van der Waals surface area contributed by atoms with E-state index < -0.39 is 23.2 Å². The minimum absolute atomic E-state index is 0.0395. The lowest BCUT2D eigenvalue weighted by atomic mass is 10.1. The lowest BCUT2D eigenvalue weighted by Gasteiger charge is -2.16. The van der Waals surface area contributed by atoms with Gasteiger partial charge in [-0.15, -0.1) is 0 Å². The van der Waals surface area contributed by atoms with Gasteiger partial charge >= 0.3 is 6.03 Å². The fourth-order valence-corrected chi connectivity index (χ4v) is 3.28. The number of amides is 2. The molecule has 0 radical (unpaired) electrons. The Hall–Kier alpha value is -4.32. The summed E-state index contributed by atoms with van der Waals surface area (Å²) in [6, 6.07) is 8.37. The number of nitrogens with zero attached hydrogens (tertiary/aromatic N) is 2. The number of H-pyrrole nitrogens is 1. The summed E-state index contributed by atoms with van der Waals surface area (Å²) in [6.07, 6.45) is 2.26. The molecule has 0 bridgehead atoms. The molecule has 7 N–H and O–H groups in total. The molecule has 0 aliphatic rings. The molecule has 0 aliphatic carbocycles. The first-order valence-electron chi connectivity index (χ1n) is 11.1. The molecule has 2 aromatic carbocycles. The van der Waals surface area contributed by atoms with Crippen LogP contribution in [0.15, 0.2) is 47.4 Å². The van der Waals surface area contributed by atoms with Crippen molar-refractivity contribution >= 4 is 23.6 Å². The topological polar surface area (TPSA) is 152 Å². The maximum absolute atomic E-state index is 13.8. The predicted molar refractivity (Wildman–Crippen MR) is 135 cm³/mol.